The molecule has 1 atom stereocenters. The predicted molar refractivity (Wildman–Crippen MR) is 171 cm³/mol. The van der Waals surface area contributed by atoms with Crippen LogP contribution in [0.2, 0.25) is 5.02 Å². The summed E-state index contributed by atoms with van der Waals surface area (Å²) in [7, 11) is -3.59. The molecule has 0 saturated heterocycles. The third kappa shape index (κ3) is 9.33. The van der Waals surface area contributed by atoms with Crippen molar-refractivity contribution in [1.29, 1.82) is 0 Å². The summed E-state index contributed by atoms with van der Waals surface area (Å²) in [6, 6.07) is 21.7. The minimum atomic E-state index is -3.59. The molecule has 0 unspecified atom stereocenters. The second-order valence-corrected chi connectivity index (χ2v) is 13.4. The van der Waals surface area contributed by atoms with Crippen molar-refractivity contribution in [1.82, 2.24) is 10.2 Å². The highest BCUT2D eigenvalue weighted by Crippen LogP contribution is 2.26. The molecule has 3 rings (SSSR count). The zero-order chi connectivity index (χ0) is 30.9. The van der Waals surface area contributed by atoms with Crippen molar-refractivity contribution in [2.24, 2.45) is 5.92 Å². The fourth-order valence-electron chi connectivity index (χ4n) is 4.77. The van der Waals surface area contributed by atoms with Gasteiger partial charge in [-0.3, -0.25) is 13.9 Å². The Hall–Kier alpha value is -3.36. The lowest BCUT2D eigenvalue weighted by Crippen LogP contribution is -2.51. The first-order valence-electron chi connectivity index (χ1n) is 14.3. The zero-order valence-corrected chi connectivity index (χ0v) is 26.7. The molecule has 0 aliphatic rings. The Morgan fingerprint density at radius 1 is 0.929 bits per heavy atom. The Kier molecular flexibility index (Phi) is 12.0. The smallest absolute Gasteiger partial charge is 0.243 e. The SMILES string of the molecule is Cc1cccc(N(CCCC(=O)N(Cc2ccccc2Cl)[C@@H](Cc2ccccc2)C(=O)NCC(C)C)S(C)(=O)=O)c1C. The van der Waals surface area contributed by atoms with Gasteiger partial charge in [0.15, 0.2) is 0 Å². The number of rotatable bonds is 14. The number of hydrogen-bond donors (Lipinski definition) is 1. The minimum absolute atomic E-state index is 0.0596. The summed E-state index contributed by atoms with van der Waals surface area (Å²) in [6.07, 6.45) is 1.85. The van der Waals surface area contributed by atoms with Crippen molar-refractivity contribution in [2.75, 3.05) is 23.7 Å². The highest BCUT2D eigenvalue weighted by molar-refractivity contribution is 7.92. The van der Waals surface area contributed by atoms with E-state index in [2.05, 4.69) is 5.32 Å². The summed E-state index contributed by atoms with van der Waals surface area (Å²) < 4.78 is 26.9. The summed E-state index contributed by atoms with van der Waals surface area (Å²) in [4.78, 5) is 29.2. The number of anilines is 1. The molecule has 0 heterocycles. The molecule has 3 aromatic carbocycles. The molecule has 3 aromatic rings. The van der Waals surface area contributed by atoms with E-state index in [1.165, 1.54) is 10.6 Å². The van der Waals surface area contributed by atoms with Crippen LogP contribution in [0.1, 0.15) is 48.9 Å². The zero-order valence-electron chi connectivity index (χ0n) is 25.1. The Labute approximate surface area is 255 Å². The second kappa shape index (κ2) is 15.2. The highest BCUT2D eigenvalue weighted by Gasteiger charge is 2.31. The molecule has 9 heteroatoms. The van der Waals surface area contributed by atoms with Crippen LogP contribution < -0.4 is 9.62 Å². The summed E-state index contributed by atoms with van der Waals surface area (Å²) in [5.41, 5.74) is 4.12. The molecule has 42 heavy (non-hydrogen) atoms. The summed E-state index contributed by atoms with van der Waals surface area (Å²) in [6.45, 7) is 8.63. The molecular formula is C33H42ClN3O4S. The molecule has 0 saturated carbocycles. The van der Waals surface area contributed by atoms with E-state index in [0.717, 1.165) is 22.3 Å². The van der Waals surface area contributed by atoms with Gasteiger partial charge in [-0.25, -0.2) is 8.42 Å². The van der Waals surface area contributed by atoms with Crippen LogP contribution in [0, 0.1) is 19.8 Å². The Bertz CT molecular complexity index is 1460. The van der Waals surface area contributed by atoms with Gasteiger partial charge in [-0.15, -0.1) is 0 Å². The first-order chi connectivity index (χ1) is 19.9. The molecule has 0 aromatic heterocycles. The van der Waals surface area contributed by atoms with Gasteiger partial charge < -0.3 is 10.2 Å². The van der Waals surface area contributed by atoms with E-state index in [0.29, 0.717) is 23.7 Å². The van der Waals surface area contributed by atoms with Gasteiger partial charge in [-0.1, -0.05) is 86.1 Å². The lowest BCUT2D eigenvalue weighted by atomic mass is 10.0. The largest absolute Gasteiger partial charge is 0.354 e. The van der Waals surface area contributed by atoms with E-state index in [-0.39, 0.29) is 43.7 Å². The van der Waals surface area contributed by atoms with Crippen LogP contribution in [0.4, 0.5) is 5.69 Å². The van der Waals surface area contributed by atoms with Crippen LogP contribution in [-0.4, -0.2) is 50.5 Å². The molecule has 0 bridgehead atoms. The van der Waals surface area contributed by atoms with Gasteiger partial charge in [0.2, 0.25) is 21.8 Å². The van der Waals surface area contributed by atoms with Gasteiger partial charge in [-0.05, 0) is 60.6 Å². The molecule has 0 spiro atoms. The van der Waals surface area contributed by atoms with Gasteiger partial charge >= 0.3 is 0 Å². The normalized spacial score (nSPS) is 12.2. The molecule has 226 valence electrons. The average molecular weight is 612 g/mol. The molecular weight excluding hydrogens is 570 g/mol. The van der Waals surface area contributed by atoms with E-state index < -0.39 is 16.1 Å². The fraction of sp³-hybridized carbons (Fsp3) is 0.394. The molecule has 0 aliphatic carbocycles. The van der Waals surface area contributed by atoms with Gasteiger partial charge in [-0.2, -0.15) is 0 Å². The lowest BCUT2D eigenvalue weighted by molar-refractivity contribution is -0.141. The predicted octanol–water partition coefficient (Wildman–Crippen LogP) is 5.92. The van der Waals surface area contributed by atoms with Gasteiger partial charge in [0.1, 0.15) is 6.04 Å². The van der Waals surface area contributed by atoms with Gasteiger partial charge in [0.25, 0.3) is 0 Å². The number of nitrogens with zero attached hydrogens (tertiary/aromatic N) is 2. The van der Waals surface area contributed by atoms with Crippen LogP contribution >= 0.6 is 11.6 Å². The van der Waals surface area contributed by atoms with Crippen molar-refractivity contribution in [3.8, 4) is 0 Å². The summed E-state index contributed by atoms with van der Waals surface area (Å²) >= 11 is 6.50. The third-order valence-electron chi connectivity index (χ3n) is 7.25. The monoisotopic (exact) mass is 611 g/mol. The summed E-state index contributed by atoms with van der Waals surface area (Å²) in [5, 5.41) is 3.52. The van der Waals surface area contributed by atoms with Crippen molar-refractivity contribution < 1.29 is 18.0 Å². The molecule has 0 aliphatic heterocycles. The molecule has 7 nitrogen and oxygen atoms in total. The number of carbonyl (C=O) groups excluding carboxylic acids is 2. The number of sulfonamides is 1. The first-order valence-corrected chi connectivity index (χ1v) is 16.5. The second-order valence-electron chi connectivity index (χ2n) is 11.1. The van der Waals surface area contributed by atoms with Crippen LogP contribution in [0.25, 0.3) is 0 Å². The molecule has 0 fully saturated rings. The third-order valence-corrected chi connectivity index (χ3v) is 8.80. The molecule has 0 radical (unpaired) electrons. The maximum absolute atomic E-state index is 14.0. The van der Waals surface area contributed by atoms with Gasteiger partial charge in [0, 0.05) is 37.5 Å². The van der Waals surface area contributed by atoms with Crippen molar-refractivity contribution in [3.63, 3.8) is 0 Å². The first kappa shape index (κ1) is 33.1. The van der Waals surface area contributed by atoms with E-state index in [1.807, 2.05) is 88.4 Å². The maximum atomic E-state index is 14.0. The maximum Gasteiger partial charge on any atom is 0.243 e. The number of hydrogen-bond acceptors (Lipinski definition) is 4. The summed E-state index contributed by atoms with van der Waals surface area (Å²) in [5.74, 6) is -0.239. The number of amides is 2. The average Bonchev–Trinajstić information content (AvgIpc) is 2.94. The van der Waals surface area contributed by atoms with Crippen molar-refractivity contribution in [2.45, 2.75) is 59.5 Å². The van der Waals surface area contributed by atoms with Crippen LogP contribution in [0.15, 0.2) is 72.8 Å². The molecule has 1 N–H and O–H groups in total. The number of halogens is 1. The number of carbonyl (C=O) groups is 2. The van der Waals surface area contributed by atoms with Gasteiger partial charge in [0.05, 0.1) is 11.9 Å². The van der Waals surface area contributed by atoms with Crippen LogP contribution in [0.3, 0.4) is 0 Å². The number of aryl methyl sites for hydroxylation is 1. The Morgan fingerprint density at radius 3 is 2.24 bits per heavy atom. The van der Waals surface area contributed by atoms with Crippen molar-refractivity contribution in [3.05, 3.63) is 100 Å². The highest BCUT2D eigenvalue weighted by atomic mass is 35.5. The van der Waals surface area contributed by atoms with E-state index >= 15 is 0 Å². The molecule has 2 amide bonds. The quantitative estimate of drug-likeness (QED) is 0.245. The number of benzene rings is 3. The van der Waals surface area contributed by atoms with Crippen LogP contribution in [-0.2, 0) is 32.6 Å². The van der Waals surface area contributed by atoms with E-state index in [9.17, 15) is 18.0 Å². The van der Waals surface area contributed by atoms with Crippen LogP contribution in [0.5, 0.6) is 0 Å². The number of nitrogens with one attached hydrogen (secondary N) is 1. The van der Waals surface area contributed by atoms with E-state index in [1.54, 1.807) is 17.0 Å². The minimum Gasteiger partial charge on any atom is -0.354 e. The standard InChI is InChI=1S/C33H42ClN3O4S/c1-24(2)22-35-33(39)31(21-27-14-7-6-8-15-27)36(23-28-16-9-10-17-29(28)34)32(38)19-12-20-37(42(5,40)41)30-18-11-13-25(3)26(30)4/h6-11,13-18,24,31H,12,19-23H2,1-5H3,(H,35,39)/t31-/m0/s1. The lowest BCUT2D eigenvalue weighted by Gasteiger charge is -2.32. The topological polar surface area (TPSA) is 86.8 Å². The Morgan fingerprint density at radius 2 is 1.60 bits per heavy atom. The fourth-order valence-corrected chi connectivity index (χ4v) is 5.99. The Balaban J connectivity index is 1.91. The van der Waals surface area contributed by atoms with Crippen molar-refractivity contribution >= 4 is 39.1 Å². The van der Waals surface area contributed by atoms with E-state index in [4.69, 9.17) is 11.6 Å².